The lowest BCUT2D eigenvalue weighted by Gasteiger charge is -2.38. The van der Waals surface area contributed by atoms with E-state index >= 15 is 0 Å². The molecule has 1 unspecified atom stereocenters. The highest BCUT2D eigenvalue weighted by atomic mass is 16.2. The maximum Gasteiger partial charge on any atom is 0.324 e. The Balaban J connectivity index is 1.53. The van der Waals surface area contributed by atoms with Crippen molar-refractivity contribution in [3.8, 4) is 6.07 Å². The van der Waals surface area contributed by atoms with Crippen molar-refractivity contribution in [1.29, 1.82) is 5.26 Å². The standard InChI is InChI=1S/C24H32N6O2/c1-23(2,3)12-16-5-6-19-17(14-26-20(13-25)27-19)11-18(16)15-30-9-7-24(8-10-30)21(31)29(4)22(32)28-24/h11,14,16H,5-10,12,15H2,1-4H3,(H,28,32). The van der Waals surface area contributed by atoms with Crippen LogP contribution in [0.3, 0.4) is 0 Å². The van der Waals surface area contributed by atoms with Crippen LogP contribution in [0.5, 0.6) is 0 Å². The number of likely N-dealkylation sites (N-methyl/N-ethyl adjacent to an activating group) is 1. The molecule has 1 aromatic rings. The SMILES string of the molecule is CN1C(=O)NC2(CCN(CC3=Cc4cnc(C#N)nc4CCC3CC(C)(C)C)CC2)C1=O. The van der Waals surface area contributed by atoms with E-state index in [1.807, 2.05) is 6.07 Å². The second kappa shape index (κ2) is 8.28. The summed E-state index contributed by atoms with van der Waals surface area (Å²) in [5, 5.41) is 12.1. The lowest BCUT2D eigenvalue weighted by molar-refractivity contribution is -0.132. The first-order valence-corrected chi connectivity index (χ1v) is 11.4. The Morgan fingerprint density at radius 1 is 1.28 bits per heavy atom. The number of amides is 3. The number of hydrogen-bond donors (Lipinski definition) is 1. The minimum Gasteiger partial charge on any atom is -0.323 e. The Morgan fingerprint density at radius 3 is 2.59 bits per heavy atom. The van der Waals surface area contributed by atoms with Gasteiger partial charge in [-0.15, -0.1) is 0 Å². The largest absolute Gasteiger partial charge is 0.324 e. The summed E-state index contributed by atoms with van der Waals surface area (Å²) in [6.45, 7) is 9.16. The second-order valence-corrected chi connectivity index (χ2v) is 10.6. The van der Waals surface area contributed by atoms with Crippen molar-refractivity contribution in [3.05, 3.63) is 28.9 Å². The van der Waals surface area contributed by atoms with Gasteiger partial charge in [-0.3, -0.25) is 14.6 Å². The van der Waals surface area contributed by atoms with Gasteiger partial charge in [0, 0.05) is 38.4 Å². The first-order valence-electron chi connectivity index (χ1n) is 11.4. The molecule has 0 radical (unpaired) electrons. The third-order valence-electron chi connectivity index (χ3n) is 6.93. The van der Waals surface area contributed by atoms with Crippen LogP contribution in [-0.2, 0) is 11.2 Å². The third-order valence-corrected chi connectivity index (χ3v) is 6.93. The van der Waals surface area contributed by atoms with E-state index in [1.54, 1.807) is 13.2 Å². The van der Waals surface area contributed by atoms with Gasteiger partial charge in [0.1, 0.15) is 11.6 Å². The van der Waals surface area contributed by atoms with Crippen molar-refractivity contribution in [2.75, 3.05) is 26.7 Å². The van der Waals surface area contributed by atoms with Crippen molar-refractivity contribution in [3.63, 3.8) is 0 Å². The summed E-state index contributed by atoms with van der Waals surface area (Å²) in [6.07, 6.45) is 8.16. The van der Waals surface area contributed by atoms with Crippen LogP contribution in [0, 0.1) is 22.7 Å². The summed E-state index contributed by atoms with van der Waals surface area (Å²) in [5.74, 6) is 0.535. The maximum atomic E-state index is 12.6. The molecule has 1 atom stereocenters. The molecule has 2 fully saturated rings. The molecule has 2 aliphatic heterocycles. The average Bonchev–Trinajstić information content (AvgIpc) is 2.87. The van der Waals surface area contributed by atoms with Gasteiger partial charge in [-0.25, -0.2) is 14.8 Å². The molecular formula is C24H32N6O2. The van der Waals surface area contributed by atoms with Gasteiger partial charge in [0.15, 0.2) is 0 Å². The number of aryl methyl sites for hydroxylation is 1. The van der Waals surface area contributed by atoms with Crippen molar-refractivity contribution < 1.29 is 9.59 Å². The van der Waals surface area contributed by atoms with Gasteiger partial charge in [-0.2, -0.15) is 5.26 Å². The quantitative estimate of drug-likeness (QED) is 0.731. The molecule has 2 saturated heterocycles. The molecule has 3 aliphatic rings. The highest BCUT2D eigenvalue weighted by molar-refractivity contribution is 6.06. The Morgan fingerprint density at radius 2 is 2.00 bits per heavy atom. The topological polar surface area (TPSA) is 102 Å². The molecule has 1 aliphatic carbocycles. The number of nitrogens with zero attached hydrogens (tertiary/aromatic N) is 5. The summed E-state index contributed by atoms with van der Waals surface area (Å²) in [6, 6.07) is 1.75. The number of carbonyl (C=O) groups is 2. The second-order valence-electron chi connectivity index (χ2n) is 10.6. The Kier molecular flexibility index (Phi) is 5.80. The molecule has 8 nitrogen and oxygen atoms in total. The van der Waals surface area contributed by atoms with Gasteiger partial charge >= 0.3 is 6.03 Å². The van der Waals surface area contributed by atoms with Crippen molar-refractivity contribution in [2.24, 2.45) is 11.3 Å². The number of aromatic nitrogens is 2. The van der Waals surface area contributed by atoms with Crippen LogP contribution < -0.4 is 5.32 Å². The maximum absolute atomic E-state index is 12.6. The monoisotopic (exact) mass is 436 g/mol. The smallest absolute Gasteiger partial charge is 0.323 e. The van der Waals surface area contributed by atoms with E-state index in [2.05, 4.69) is 47.0 Å². The van der Waals surface area contributed by atoms with Crippen LogP contribution in [0.1, 0.15) is 63.5 Å². The fourth-order valence-corrected chi connectivity index (χ4v) is 5.21. The van der Waals surface area contributed by atoms with Crippen LogP contribution in [-0.4, -0.2) is 63.9 Å². The molecule has 1 spiro atoms. The van der Waals surface area contributed by atoms with E-state index in [0.717, 1.165) is 50.2 Å². The molecule has 1 aromatic heterocycles. The molecular weight excluding hydrogens is 404 g/mol. The zero-order chi connectivity index (χ0) is 23.1. The van der Waals surface area contributed by atoms with Crippen molar-refractivity contribution >= 4 is 18.0 Å². The summed E-state index contributed by atoms with van der Waals surface area (Å²) in [7, 11) is 1.55. The zero-order valence-electron chi connectivity index (χ0n) is 19.4. The van der Waals surface area contributed by atoms with Crippen LogP contribution in [0.2, 0.25) is 0 Å². The van der Waals surface area contributed by atoms with Crippen LogP contribution in [0.25, 0.3) is 6.08 Å². The summed E-state index contributed by atoms with van der Waals surface area (Å²) < 4.78 is 0. The first-order chi connectivity index (χ1) is 15.1. The highest BCUT2D eigenvalue weighted by Gasteiger charge is 2.51. The fraction of sp³-hybridized carbons (Fsp3) is 0.625. The molecule has 0 bridgehead atoms. The molecule has 0 saturated carbocycles. The molecule has 32 heavy (non-hydrogen) atoms. The number of imide groups is 1. The van der Waals surface area contributed by atoms with Gasteiger partial charge in [0.05, 0.1) is 5.69 Å². The fourth-order valence-electron chi connectivity index (χ4n) is 5.21. The van der Waals surface area contributed by atoms with Crippen LogP contribution >= 0.6 is 0 Å². The predicted molar refractivity (Wildman–Crippen MR) is 120 cm³/mol. The lowest BCUT2D eigenvalue weighted by Crippen LogP contribution is -2.55. The molecule has 3 amide bonds. The third kappa shape index (κ3) is 4.40. The van der Waals surface area contributed by atoms with E-state index in [4.69, 9.17) is 0 Å². The number of likely N-dealkylation sites (tertiary alicyclic amines) is 1. The minimum atomic E-state index is -0.737. The first kappa shape index (κ1) is 22.4. The minimum absolute atomic E-state index is 0.110. The number of fused-ring (bicyclic) bond motifs is 1. The molecule has 4 rings (SSSR count). The number of urea groups is 1. The average molecular weight is 437 g/mol. The van der Waals surface area contributed by atoms with Gasteiger partial charge in [0.25, 0.3) is 5.91 Å². The van der Waals surface area contributed by atoms with Crippen molar-refractivity contribution in [2.45, 2.75) is 58.4 Å². The zero-order valence-corrected chi connectivity index (χ0v) is 19.4. The predicted octanol–water partition coefficient (Wildman–Crippen LogP) is 2.75. The van der Waals surface area contributed by atoms with Gasteiger partial charge in [0.2, 0.25) is 5.82 Å². The molecule has 1 N–H and O–H groups in total. The number of hydrogen-bond acceptors (Lipinski definition) is 6. The van der Waals surface area contributed by atoms with Gasteiger partial charge in [-0.05, 0) is 43.4 Å². The molecule has 8 heteroatoms. The summed E-state index contributed by atoms with van der Waals surface area (Å²) in [5.41, 5.74) is 2.77. The summed E-state index contributed by atoms with van der Waals surface area (Å²) >= 11 is 0. The van der Waals surface area contributed by atoms with Crippen LogP contribution in [0.15, 0.2) is 11.8 Å². The van der Waals surface area contributed by atoms with E-state index in [1.165, 1.54) is 10.5 Å². The number of nitrogens with one attached hydrogen (secondary N) is 1. The number of piperidine rings is 1. The Hall–Kier alpha value is -2.79. The van der Waals surface area contributed by atoms with Crippen LogP contribution in [0.4, 0.5) is 4.79 Å². The molecule has 0 aromatic carbocycles. The number of carbonyl (C=O) groups excluding carboxylic acids is 2. The van der Waals surface area contributed by atoms with E-state index in [0.29, 0.717) is 18.8 Å². The Labute approximate surface area is 189 Å². The van der Waals surface area contributed by atoms with Crippen molar-refractivity contribution in [1.82, 2.24) is 25.1 Å². The van der Waals surface area contributed by atoms with Gasteiger partial charge < -0.3 is 5.32 Å². The Bertz CT molecular complexity index is 995. The normalized spacial score (nSPS) is 23.4. The van der Waals surface area contributed by atoms with E-state index in [9.17, 15) is 14.9 Å². The van der Waals surface area contributed by atoms with E-state index < -0.39 is 5.54 Å². The number of rotatable bonds is 3. The summed E-state index contributed by atoms with van der Waals surface area (Å²) in [4.78, 5) is 36.8. The molecule has 3 heterocycles. The van der Waals surface area contributed by atoms with E-state index in [-0.39, 0.29) is 23.2 Å². The highest BCUT2D eigenvalue weighted by Crippen LogP contribution is 2.37. The number of nitriles is 1. The van der Waals surface area contributed by atoms with Gasteiger partial charge in [-0.1, -0.05) is 32.4 Å². The lowest BCUT2D eigenvalue weighted by atomic mass is 9.79. The molecule has 170 valence electrons.